The van der Waals surface area contributed by atoms with Crippen molar-refractivity contribution in [3.05, 3.63) is 54.0 Å². The Morgan fingerprint density at radius 1 is 1.15 bits per heavy atom. The minimum atomic E-state index is -0.135. The Balaban J connectivity index is 1.83. The maximum absolute atomic E-state index is 12.9. The number of fused-ring (bicyclic) bond motifs is 1. The van der Waals surface area contributed by atoms with Gasteiger partial charge in [0.25, 0.3) is 5.95 Å². The number of hydrogen-bond acceptors (Lipinski definition) is 6. The van der Waals surface area contributed by atoms with Crippen LogP contribution < -0.4 is 10.1 Å². The number of rotatable bonds is 4. The zero-order valence-corrected chi connectivity index (χ0v) is 15.6. The summed E-state index contributed by atoms with van der Waals surface area (Å²) in [5, 5.41) is 7.91. The third-order valence-electron chi connectivity index (χ3n) is 4.62. The molecule has 0 saturated carbocycles. The van der Waals surface area contributed by atoms with Crippen molar-refractivity contribution in [1.82, 2.24) is 19.7 Å². The molecule has 0 radical (unpaired) electrons. The van der Waals surface area contributed by atoms with Crippen LogP contribution in [0, 0.1) is 5.41 Å². The highest BCUT2D eigenvalue weighted by Gasteiger charge is 2.37. The van der Waals surface area contributed by atoms with Crippen molar-refractivity contribution in [2.45, 2.75) is 26.7 Å². The molecule has 1 aliphatic carbocycles. The van der Waals surface area contributed by atoms with E-state index < -0.39 is 0 Å². The van der Waals surface area contributed by atoms with E-state index in [0.29, 0.717) is 23.8 Å². The number of ketones is 1. The second kappa shape index (κ2) is 6.50. The summed E-state index contributed by atoms with van der Waals surface area (Å²) in [5.74, 6) is 1.78. The van der Waals surface area contributed by atoms with Gasteiger partial charge in [-0.2, -0.15) is 0 Å². The lowest BCUT2D eigenvalue weighted by atomic mass is 9.76. The van der Waals surface area contributed by atoms with Crippen LogP contribution in [0.15, 0.2) is 42.7 Å². The number of nitrogens with one attached hydrogen (secondary N) is 1. The van der Waals surface area contributed by atoms with Gasteiger partial charge in [0.05, 0.1) is 18.4 Å². The Morgan fingerprint density at radius 2 is 1.93 bits per heavy atom. The van der Waals surface area contributed by atoms with Gasteiger partial charge < -0.3 is 10.1 Å². The van der Waals surface area contributed by atoms with Crippen LogP contribution in [-0.2, 0) is 6.42 Å². The number of nitrogens with zero attached hydrogens (tertiary/aromatic N) is 4. The van der Waals surface area contributed by atoms with E-state index >= 15 is 0 Å². The maximum Gasteiger partial charge on any atom is 0.250 e. The molecule has 7 nitrogen and oxygen atoms in total. The molecule has 1 aliphatic rings. The second-order valence-corrected chi connectivity index (χ2v) is 7.43. The van der Waals surface area contributed by atoms with E-state index in [4.69, 9.17) is 4.74 Å². The van der Waals surface area contributed by atoms with E-state index in [2.05, 4.69) is 34.2 Å². The van der Waals surface area contributed by atoms with Crippen LogP contribution in [0.2, 0.25) is 0 Å². The van der Waals surface area contributed by atoms with E-state index in [1.807, 2.05) is 24.3 Å². The van der Waals surface area contributed by atoms with Crippen molar-refractivity contribution in [2.24, 2.45) is 5.41 Å². The zero-order chi connectivity index (χ0) is 19.0. The smallest absolute Gasteiger partial charge is 0.250 e. The third-order valence-corrected chi connectivity index (χ3v) is 4.62. The molecule has 0 saturated heterocycles. The second-order valence-electron chi connectivity index (χ2n) is 7.43. The van der Waals surface area contributed by atoms with Crippen molar-refractivity contribution in [1.29, 1.82) is 0 Å². The number of carbonyl (C=O) groups excluding carboxylic acids is 1. The minimum Gasteiger partial charge on any atom is -0.497 e. The Morgan fingerprint density at radius 3 is 2.67 bits per heavy atom. The Hall–Kier alpha value is -3.22. The van der Waals surface area contributed by atoms with E-state index in [0.717, 1.165) is 23.6 Å². The molecule has 7 heteroatoms. The lowest BCUT2D eigenvalue weighted by molar-refractivity contribution is 0.0911. The summed E-state index contributed by atoms with van der Waals surface area (Å²) >= 11 is 0. The molecule has 2 heterocycles. The maximum atomic E-state index is 12.9. The molecule has 0 bridgehead atoms. The number of Topliss-reactive ketones (excluding diaryl/α,β-unsaturated/α-hetero) is 1. The highest BCUT2D eigenvalue weighted by molar-refractivity contribution is 6.03. The average molecular weight is 363 g/mol. The first kappa shape index (κ1) is 17.2. The first-order chi connectivity index (χ1) is 13.0. The summed E-state index contributed by atoms with van der Waals surface area (Å²) in [5.41, 5.74) is 2.12. The van der Waals surface area contributed by atoms with Gasteiger partial charge in [-0.25, -0.2) is 14.6 Å². The van der Waals surface area contributed by atoms with Gasteiger partial charge in [0.1, 0.15) is 5.75 Å². The predicted molar refractivity (Wildman–Crippen MR) is 102 cm³/mol. The molecular weight excluding hydrogens is 342 g/mol. The van der Waals surface area contributed by atoms with Gasteiger partial charge in [0, 0.05) is 30.6 Å². The monoisotopic (exact) mass is 363 g/mol. The van der Waals surface area contributed by atoms with Crippen LogP contribution in [0.25, 0.3) is 5.95 Å². The van der Waals surface area contributed by atoms with Gasteiger partial charge >= 0.3 is 0 Å². The van der Waals surface area contributed by atoms with Gasteiger partial charge in [-0.15, -0.1) is 5.10 Å². The highest BCUT2D eigenvalue weighted by atomic mass is 16.5. The summed E-state index contributed by atoms with van der Waals surface area (Å²) < 4.78 is 6.95. The summed E-state index contributed by atoms with van der Waals surface area (Å²) in [6.45, 7) is 4.18. The molecule has 1 aromatic carbocycles. The summed E-state index contributed by atoms with van der Waals surface area (Å²) in [4.78, 5) is 21.5. The summed E-state index contributed by atoms with van der Waals surface area (Å²) in [6.07, 6.45) is 4.54. The van der Waals surface area contributed by atoms with Crippen molar-refractivity contribution in [2.75, 3.05) is 12.4 Å². The van der Waals surface area contributed by atoms with Crippen LogP contribution in [-0.4, -0.2) is 32.6 Å². The Bertz CT molecular complexity index is 995. The molecule has 1 N–H and O–H groups in total. The highest BCUT2D eigenvalue weighted by Crippen LogP contribution is 2.39. The minimum absolute atomic E-state index is 0.0776. The van der Waals surface area contributed by atoms with Crippen LogP contribution in [0.1, 0.15) is 36.3 Å². The van der Waals surface area contributed by atoms with Gasteiger partial charge in [-0.3, -0.25) is 4.79 Å². The van der Waals surface area contributed by atoms with E-state index in [-0.39, 0.29) is 11.2 Å². The van der Waals surface area contributed by atoms with Crippen LogP contribution in [0.3, 0.4) is 0 Å². The van der Waals surface area contributed by atoms with E-state index in [1.165, 1.54) is 0 Å². The lowest BCUT2D eigenvalue weighted by Gasteiger charge is -2.28. The van der Waals surface area contributed by atoms with Crippen molar-refractivity contribution in [3.63, 3.8) is 0 Å². The molecule has 4 rings (SSSR count). The first-order valence-electron chi connectivity index (χ1n) is 8.80. The fourth-order valence-electron chi connectivity index (χ4n) is 3.44. The van der Waals surface area contributed by atoms with Crippen molar-refractivity contribution >= 4 is 17.3 Å². The number of benzene rings is 1. The average Bonchev–Trinajstić information content (AvgIpc) is 2.99. The fourth-order valence-corrected chi connectivity index (χ4v) is 3.44. The SMILES string of the molecule is COc1cccc(Nc2nn(-c3ncccn3)c3c2C(=O)CC(C)(C)C3)c1. The molecule has 0 aliphatic heterocycles. The normalized spacial score (nSPS) is 15.3. The predicted octanol–water partition coefficient (Wildman–Crippen LogP) is 3.57. The molecule has 0 unspecified atom stereocenters. The number of carbonyl (C=O) groups is 1. The van der Waals surface area contributed by atoms with Crippen LogP contribution >= 0.6 is 0 Å². The molecule has 2 aromatic heterocycles. The quantitative estimate of drug-likeness (QED) is 0.763. The molecule has 0 fully saturated rings. The molecule has 0 spiro atoms. The standard InChI is InChI=1S/C20H21N5O2/c1-20(2)11-15-17(16(26)12-20)18(23-13-6-4-7-14(10-13)27-3)24-25(15)19-21-8-5-9-22-19/h4-10H,11-12H2,1-3H3,(H,23,24). The van der Waals surface area contributed by atoms with E-state index in [9.17, 15) is 4.79 Å². The number of anilines is 2. The molecule has 0 amide bonds. The number of hydrogen-bond donors (Lipinski definition) is 1. The summed E-state index contributed by atoms with van der Waals surface area (Å²) in [7, 11) is 1.62. The molecular formula is C20H21N5O2. The van der Waals surface area contributed by atoms with Crippen LogP contribution in [0.5, 0.6) is 5.75 Å². The van der Waals surface area contributed by atoms with E-state index in [1.54, 1.807) is 30.3 Å². The largest absolute Gasteiger partial charge is 0.497 e. The number of methoxy groups -OCH3 is 1. The third kappa shape index (κ3) is 3.28. The zero-order valence-electron chi connectivity index (χ0n) is 15.6. The van der Waals surface area contributed by atoms with Gasteiger partial charge in [0.2, 0.25) is 0 Å². The molecule has 0 atom stereocenters. The fraction of sp³-hybridized carbons (Fsp3) is 0.300. The number of aromatic nitrogens is 4. The van der Waals surface area contributed by atoms with Gasteiger partial charge in [-0.05, 0) is 30.0 Å². The molecule has 3 aromatic rings. The van der Waals surface area contributed by atoms with Crippen molar-refractivity contribution < 1.29 is 9.53 Å². The summed E-state index contributed by atoms with van der Waals surface area (Å²) in [6, 6.07) is 9.27. The lowest BCUT2D eigenvalue weighted by Crippen LogP contribution is -2.28. The first-order valence-corrected chi connectivity index (χ1v) is 8.80. The Kier molecular flexibility index (Phi) is 4.14. The Labute approximate surface area is 157 Å². The molecule has 27 heavy (non-hydrogen) atoms. The topological polar surface area (TPSA) is 81.9 Å². The molecule has 138 valence electrons. The van der Waals surface area contributed by atoms with Gasteiger partial charge in [-0.1, -0.05) is 19.9 Å². The van der Waals surface area contributed by atoms with Gasteiger partial charge in [0.15, 0.2) is 11.6 Å². The van der Waals surface area contributed by atoms with Crippen molar-refractivity contribution in [3.8, 4) is 11.7 Å². The van der Waals surface area contributed by atoms with Crippen LogP contribution in [0.4, 0.5) is 11.5 Å². The number of ether oxygens (including phenoxy) is 1.